The molecular weight excluding hydrogens is 202 g/mol. The van der Waals surface area contributed by atoms with Crippen molar-refractivity contribution in [1.29, 1.82) is 0 Å². The first-order valence-electron chi connectivity index (χ1n) is 6.46. The summed E-state index contributed by atoms with van der Waals surface area (Å²) in [5.41, 5.74) is 0.306. The molecule has 1 heterocycles. The molecule has 1 aliphatic carbocycles. The summed E-state index contributed by atoms with van der Waals surface area (Å²) in [4.78, 5) is 0. The predicted octanol–water partition coefficient (Wildman–Crippen LogP) is 2.10. The summed E-state index contributed by atoms with van der Waals surface area (Å²) in [5, 5.41) is 3.71. The number of hydrogen-bond donors (Lipinski definition) is 1. The van der Waals surface area contributed by atoms with Crippen LogP contribution in [0.2, 0.25) is 0 Å². The van der Waals surface area contributed by atoms with Crippen molar-refractivity contribution in [1.82, 2.24) is 5.32 Å². The summed E-state index contributed by atoms with van der Waals surface area (Å²) in [7, 11) is 1.76. The molecule has 0 radical (unpaired) electrons. The molecule has 1 spiro atoms. The SMILES string of the molecule is COCC(C)(C)NC1CCOC2(CCC2)C1. The maximum absolute atomic E-state index is 5.93. The molecule has 2 aliphatic rings. The zero-order valence-corrected chi connectivity index (χ0v) is 10.8. The van der Waals surface area contributed by atoms with Crippen molar-refractivity contribution in [2.45, 2.75) is 63.1 Å². The third kappa shape index (κ3) is 2.76. The second-order valence-corrected chi connectivity index (χ2v) is 6.04. The van der Waals surface area contributed by atoms with Gasteiger partial charge in [0, 0.05) is 25.3 Å². The molecule has 1 N–H and O–H groups in total. The van der Waals surface area contributed by atoms with Crippen molar-refractivity contribution in [3.63, 3.8) is 0 Å². The first kappa shape index (κ1) is 12.3. The fourth-order valence-corrected chi connectivity index (χ4v) is 3.03. The lowest BCUT2D eigenvalue weighted by Crippen LogP contribution is -2.56. The lowest BCUT2D eigenvalue weighted by atomic mass is 9.73. The molecule has 94 valence electrons. The third-order valence-electron chi connectivity index (χ3n) is 3.86. The van der Waals surface area contributed by atoms with Gasteiger partial charge in [0.05, 0.1) is 12.2 Å². The summed E-state index contributed by atoms with van der Waals surface area (Å²) in [6, 6.07) is 0.596. The lowest BCUT2D eigenvalue weighted by molar-refractivity contribution is -0.138. The topological polar surface area (TPSA) is 30.5 Å². The van der Waals surface area contributed by atoms with Gasteiger partial charge in [-0.05, 0) is 46.0 Å². The standard InChI is InChI=1S/C13H25NO2/c1-12(2,10-15-3)14-11-5-8-16-13(9-11)6-4-7-13/h11,14H,4-10H2,1-3H3. The molecule has 2 rings (SSSR count). The molecule has 1 saturated carbocycles. The molecule has 2 fully saturated rings. The van der Waals surface area contributed by atoms with E-state index in [0.717, 1.165) is 19.6 Å². The second kappa shape index (κ2) is 4.63. The minimum Gasteiger partial charge on any atom is -0.383 e. The summed E-state index contributed by atoms with van der Waals surface area (Å²) in [6.45, 7) is 6.09. The van der Waals surface area contributed by atoms with Gasteiger partial charge in [0.2, 0.25) is 0 Å². The van der Waals surface area contributed by atoms with E-state index in [1.807, 2.05) is 0 Å². The highest BCUT2D eigenvalue weighted by Gasteiger charge is 2.43. The first-order valence-corrected chi connectivity index (χ1v) is 6.46. The minimum atomic E-state index is 0.0711. The van der Waals surface area contributed by atoms with Gasteiger partial charge in [-0.1, -0.05) is 0 Å². The summed E-state index contributed by atoms with van der Waals surface area (Å²) < 4.78 is 11.2. The molecule has 1 atom stereocenters. The molecule has 0 amide bonds. The average molecular weight is 227 g/mol. The third-order valence-corrected chi connectivity index (χ3v) is 3.86. The Labute approximate surface area is 98.9 Å². The number of ether oxygens (including phenoxy) is 2. The van der Waals surface area contributed by atoms with E-state index in [1.165, 1.54) is 25.7 Å². The molecule has 1 unspecified atom stereocenters. The molecule has 0 aromatic rings. The van der Waals surface area contributed by atoms with Gasteiger partial charge in [-0.2, -0.15) is 0 Å². The van der Waals surface area contributed by atoms with Crippen LogP contribution in [0.4, 0.5) is 0 Å². The van der Waals surface area contributed by atoms with Crippen LogP contribution < -0.4 is 5.32 Å². The van der Waals surface area contributed by atoms with E-state index in [1.54, 1.807) is 7.11 Å². The molecule has 0 aromatic heterocycles. The van der Waals surface area contributed by atoms with Crippen molar-refractivity contribution < 1.29 is 9.47 Å². The van der Waals surface area contributed by atoms with Crippen molar-refractivity contribution in [3.05, 3.63) is 0 Å². The lowest BCUT2D eigenvalue weighted by Gasteiger charge is -2.48. The van der Waals surface area contributed by atoms with Crippen LogP contribution in [0.15, 0.2) is 0 Å². The molecular formula is C13H25NO2. The molecule has 3 heteroatoms. The van der Waals surface area contributed by atoms with E-state index in [-0.39, 0.29) is 11.1 Å². The Kier molecular flexibility index (Phi) is 3.57. The van der Waals surface area contributed by atoms with Crippen LogP contribution in [0.1, 0.15) is 46.0 Å². The van der Waals surface area contributed by atoms with Crippen LogP contribution in [0, 0.1) is 0 Å². The summed E-state index contributed by atoms with van der Waals surface area (Å²) >= 11 is 0. The predicted molar refractivity (Wildman–Crippen MR) is 64.6 cm³/mol. The molecule has 0 aromatic carbocycles. The number of nitrogens with one attached hydrogen (secondary N) is 1. The molecule has 16 heavy (non-hydrogen) atoms. The van der Waals surface area contributed by atoms with Crippen LogP contribution in [0.3, 0.4) is 0 Å². The highest BCUT2D eigenvalue weighted by Crippen LogP contribution is 2.42. The number of hydrogen-bond acceptors (Lipinski definition) is 3. The number of methoxy groups -OCH3 is 1. The second-order valence-electron chi connectivity index (χ2n) is 6.04. The van der Waals surface area contributed by atoms with Gasteiger partial charge in [-0.3, -0.25) is 0 Å². The Balaban J connectivity index is 1.85. The fraction of sp³-hybridized carbons (Fsp3) is 1.00. The Hall–Kier alpha value is -0.120. The molecule has 0 bridgehead atoms. The van der Waals surface area contributed by atoms with Crippen LogP contribution in [0.25, 0.3) is 0 Å². The van der Waals surface area contributed by atoms with Crippen molar-refractivity contribution >= 4 is 0 Å². The maximum Gasteiger partial charge on any atom is 0.0697 e. The van der Waals surface area contributed by atoms with Crippen molar-refractivity contribution in [2.24, 2.45) is 0 Å². The quantitative estimate of drug-likeness (QED) is 0.798. The first-order chi connectivity index (χ1) is 7.55. The van der Waals surface area contributed by atoms with Gasteiger partial charge in [-0.15, -0.1) is 0 Å². The molecule has 3 nitrogen and oxygen atoms in total. The summed E-state index contributed by atoms with van der Waals surface area (Å²) in [5.74, 6) is 0. The fourth-order valence-electron chi connectivity index (χ4n) is 3.03. The molecule has 1 saturated heterocycles. The zero-order chi connectivity index (χ0) is 11.6. The van der Waals surface area contributed by atoms with E-state index in [0.29, 0.717) is 6.04 Å². The van der Waals surface area contributed by atoms with E-state index >= 15 is 0 Å². The zero-order valence-electron chi connectivity index (χ0n) is 10.8. The van der Waals surface area contributed by atoms with Crippen LogP contribution in [-0.2, 0) is 9.47 Å². The highest BCUT2D eigenvalue weighted by atomic mass is 16.5. The monoisotopic (exact) mass is 227 g/mol. The smallest absolute Gasteiger partial charge is 0.0697 e. The minimum absolute atomic E-state index is 0.0711. The van der Waals surface area contributed by atoms with Crippen LogP contribution >= 0.6 is 0 Å². The highest BCUT2D eigenvalue weighted by molar-refractivity contribution is 4.97. The largest absolute Gasteiger partial charge is 0.383 e. The Bertz CT molecular complexity index is 236. The normalized spacial score (nSPS) is 29.1. The van der Waals surface area contributed by atoms with Crippen LogP contribution in [-0.4, -0.2) is 37.5 Å². The van der Waals surface area contributed by atoms with Gasteiger partial charge in [0.1, 0.15) is 0 Å². The van der Waals surface area contributed by atoms with E-state index in [4.69, 9.17) is 9.47 Å². The van der Waals surface area contributed by atoms with Crippen molar-refractivity contribution in [2.75, 3.05) is 20.3 Å². The van der Waals surface area contributed by atoms with Gasteiger partial charge in [0.15, 0.2) is 0 Å². The Morgan fingerprint density at radius 1 is 1.44 bits per heavy atom. The molecule has 1 aliphatic heterocycles. The Morgan fingerprint density at radius 3 is 2.75 bits per heavy atom. The summed E-state index contributed by atoms with van der Waals surface area (Å²) in [6.07, 6.45) is 6.18. The van der Waals surface area contributed by atoms with Gasteiger partial charge >= 0.3 is 0 Å². The van der Waals surface area contributed by atoms with Crippen molar-refractivity contribution in [3.8, 4) is 0 Å². The van der Waals surface area contributed by atoms with Gasteiger partial charge < -0.3 is 14.8 Å². The Morgan fingerprint density at radius 2 is 2.19 bits per heavy atom. The average Bonchev–Trinajstić information content (AvgIpc) is 2.14. The number of rotatable bonds is 4. The van der Waals surface area contributed by atoms with E-state index < -0.39 is 0 Å². The maximum atomic E-state index is 5.93. The van der Waals surface area contributed by atoms with E-state index in [9.17, 15) is 0 Å². The van der Waals surface area contributed by atoms with Crippen LogP contribution in [0.5, 0.6) is 0 Å². The van der Waals surface area contributed by atoms with E-state index in [2.05, 4.69) is 19.2 Å². The van der Waals surface area contributed by atoms with Gasteiger partial charge in [-0.25, -0.2) is 0 Å². The van der Waals surface area contributed by atoms with Gasteiger partial charge in [0.25, 0.3) is 0 Å².